The molecule has 1 aromatic carbocycles. The molecular formula is C27H33N7S2. The molecule has 0 spiro atoms. The number of anilines is 2. The first-order valence-electron chi connectivity index (χ1n) is 12.8. The summed E-state index contributed by atoms with van der Waals surface area (Å²) in [6, 6.07) is 14.7. The minimum absolute atomic E-state index is 0.116. The first-order chi connectivity index (χ1) is 17.6. The molecule has 2 fully saturated rings. The topological polar surface area (TPSA) is 78.9 Å². The van der Waals surface area contributed by atoms with Gasteiger partial charge in [-0.3, -0.25) is 0 Å². The minimum atomic E-state index is 0.116. The van der Waals surface area contributed by atoms with Gasteiger partial charge in [0, 0.05) is 43.5 Å². The number of rotatable bonds is 7. The van der Waals surface area contributed by atoms with Crippen LogP contribution in [0, 0.1) is 5.92 Å². The summed E-state index contributed by atoms with van der Waals surface area (Å²) in [6.45, 7) is 5.08. The molecule has 7 nitrogen and oxygen atoms in total. The molecule has 2 aromatic heterocycles. The van der Waals surface area contributed by atoms with Crippen LogP contribution in [0.25, 0.3) is 0 Å². The molecule has 5 rings (SSSR count). The first-order valence-corrected chi connectivity index (χ1v) is 14.0. The Hall–Kier alpha value is -2.78. The van der Waals surface area contributed by atoms with E-state index in [1.165, 1.54) is 55.9 Å². The third kappa shape index (κ3) is 6.13. The molecular weight excluding hydrogens is 486 g/mol. The molecule has 0 amide bonds. The van der Waals surface area contributed by atoms with Gasteiger partial charge >= 0.3 is 0 Å². The van der Waals surface area contributed by atoms with E-state index in [0.717, 1.165) is 30.5 Å². The Morgan fingerprint density at radius 1 is 1.08 bits per heavy atom. The smallest absolute Gasteiger partial charge is 0.232 e. The van der Waals surface area contributed by atoms with Crippen LogP contribution >= 0.6 is 24.0 Å². The lowest BCUT2D eigenvalue weighted by Crippen LogP contribution is -2.41. The second-order valence-corrected chi connectivity index (χ2v) is 11.3. The molecule has 2 aliphatic rings. The van der Waals surface area contributed by atoms with Crippen LogP contribution in [0.3, 0.4) is 0 Å². The van der Waals surface area contributed by atoms with Crippen molar-refractivity contribution in [2.24, 2.45) is 5.92 Å². The molecule has 0 radical (unpaired) electrons. The molecule has 0 bridgehead atoms. The largest absolute Gasteiger partial charge is 0.361 e. The monoisotopic (exact) mass is 519 g/mol. The molecule has 1 aliphatic heterocycles. The maximum Gasteiger partial charge on any atom is 0.232 e. The third-order valence-corrected chi connectivity index (χ3v) is 8.23. The van der Waals surface area contributed by atoms with Crippen molar-refractivity contribution in [2.75, 3.05) is 29.9 Å². The molecule has 1 unspecified atom stereocenters. The molecule has 9 heteroatoms. The van der Waals surface area contributed by atoms with Gasteiger partial charge in [-0.05, 0) is 67.2 Å². The zero-order valence-corrected chi connectivity index (χ0v) is 22.3. The predicted octanol–water partition coefficient (Wildman–Crippen LogP) is 5.45. The van der Waals surface area contributed by atoms with Gasteiger partial charge < -0.3 is 15.5 Å². The van der Waals surface area contributed by atoms with Gasteiger partial charge in [0.1, 0.15) is 10.8 Å². The van der Waals surface area contributed by atoms with E-state index in [1.807, 2.05) is 12.1 Å². The number of nitrogens with one attached hydrogen (secondary N) is 2. The summed E-state index contributed by atoms with van der Waals surface area (Å²) in [6.07, 6.45) is 10.7. The number of hydrogen-bond acceptors (Lipinski definition) is 7. The van der Waals surface area contributed by atoms with Crippen molar-refractivity contribution in [2.45, 2.75) is 61.0 Å². The second kappa shape index (κ2) is 11.5. The van der Waals surface area contributed by atoms with Gasteiger partial charge in [-0.15, -0.1) is 0 Å². The summed E-state index contributed by atoms with van der Waals surface area (Å²) < 4.78 is 0. The average Bonchev–Trinajstić information content (AvgIpc) is 3.39. The maximum absolute atomic E-state index is 5.71. The van der Waals surface area contributed by atoms with E-state index in [4.69, 9.17) is 22.2 Å². The Balaban J connectivity index is 1.32. The Labute approximate surface area is 222 Å². The number of benzene rings is 1. The number of aromatic nitrogens is 4. The van der Waals surface area contributed by atoms with Gasteiger partial charge in [-0.1, -0.05) is 50.1 Å². The third-order valence-electron chi connectivity index (χ3n) is 7.17. The van der Waals surface area contributed by atoms with Crippen molar-refractivity contribution < 1.29 is 0 Å². The molecule has 1 aliphatic carbocycles. The lowest BCUT2D eigenvalue weighted by molar-refractivity contribution is 0.435. The van der Waals surface area contributed by atoms with Crippen molar-refractivity contribution in [3.8, 4) is 0 Å². The van der Waals surface area contributed by atoms with Crippen LogP contribution in [-0.2, 0) is 5.41 Å². The Kier molecular flexibility index (Phi) is 7.96. The van der Waals surface area contributed by atoms with Gasteiger partial charge in [0.25, 0.3) is 0 Å². The van der Waals surface area contributed by atoms with E-state index in [9.17, 15) is 0 Å². The van der Waals surface area contributed by atoms with Gasteiger partial charge in [-0.25, -0.2) is 15.0 Å². The van der Waals surface area contributed by atoms with Gasteiger partial charge in [0.05, 0.1) is 0 Å². The van der Waals surface area contributed by atoms with Crippen LogP contribution in [0.2, 0.25) is 0 Å². The second-order valence-electron chi connectivity index (χ2n) is 9.88. The van der Waals surface area contributed by atoms with E-state index in [1.54, 1.807) is 12.4 Å². The highest BCUT2D eigenvalue weighted by Crippen LogP contribution is 2.40. The van der Waals surface area contributed by atoms with E-state index < -0.39 is 0 Å². The van der Waals surface area contributed by atoms with Crippen LogP contribution in [0.4, 0.5) is 11.8 Å². The summed E-state index contributed by atoms with van der Waals surface area (Å²) in [5.74, 6) is 2.06. The van der Waals surface area contributed by atoms with Gasteiger partial charge in [0.15, 0.2) is 10.3 Å². The molecule has 3 aromatic rings. The summed E-state index contributed by atoms with van der Waals surface area (Å²) in [5.41, 5.74) is 1.50. The molecule has 1 atom stereocenters. The van der Waals surface area contributed by atoms with E-state index in [-0.39, 0.29) is 5.41 Å². The van der Waals surface area contributed by atoms with Crippen LogP contribution < -0.4 is 15.5 Å². The SMILES string of the molecule is CC1CCCN(c2cc(Sc3ncccn3)nc(NC(=S)NCC3(c4ccccc4)CCCC3)n2)C1. The summed E-state index contributed by atoms with van der Waals surface area (Å²) in [5, 5.41) is 8.76. The molecule has 3 heterocycles. The van der Waals surface area contributed by atoms with E-state index in [0.29, 0.717) is 22.1 Å². The molecule has 36 heavy (non-hydrogen) atoms. The van der Waals surface area contributed by atoms with E-state index >= 15 is 0 Å². The lowest BCUT2D eigenvalue weighted by atomic mass is 9.79. The number of thiocarbonyl (C=S) groups is 1. The highest BCUT2D eigenvalue weighted by molar-refractivity contribution is 7.99. The van der Waals surface area contributed by atoms with Crippen molar-refractivity contribution in [1.82, 2.24) is 25.3 Å². The number of piperidine rings is 1. The minimum Gasteiger partial charge on any atom is -0.361 e. The zero-order valence-electron chi connectivity index (χ0n) is 20.7. The summed E-state index contributed by atoms with van der Waals surface area (Å²) in [7, 11) is 0. The lowest BCUT2D eigenvalue weighted by Gasteiger charge is -2.32. The molecule has 1 saturated heterocycles. The van der Waals surface area contributed by atoms with Crippen LogP contribution in [0.5, 0.6) is 0 Å². The summed E-state index contributed by atoms with van der Waals surface area (Å²) >= 11 is 7.15. The zero-order chi connectivity index (χ0) is 24.8. The fourth-order valence-electron chi connectivity index (χ4n) is 5.32. The number of hydrogen-bond donors (Lipinski definition) is 2. The van der Waals surface area contributed by atoms with Crippen LogP contribution in [-0.4, -0.2) is 44.7 Å². The van der Waals surface area contributed by atoms with Crippen molar-refractivity contribution >= 4 is 40.9 Å². The van der Waals surface area contributed by atoms with Crippen molar-refractivity contribution in [1.29, 1.82) is 0 Å². The maximum atomic E-state index is 5.71. The van der Waals surface area contributed by atoms with Gasteiger partial charge in [-0.2, -0.15) is 4.98 Å². The Morgan fingerprint density at radius 2 is 1.86 bits per heavy atom. The summed E-state index contributed by atoms with van der Waals surface area (Å²) in [4.78, 5) is 20.6. The van der Waals surface area contributed by atoms with Gasteiger partial charge in [0.2, 0.25) is 5.95 Å². The van der Waals surface area contributed by atoms with E-state index in [2.05, 4.69) is 62.8 Å². The Bertz CT molecular complexity index is 1150. The molecule has 1 saturated carbocycles. The Morgan fingerprint density at radius 3 is 2.61 bits per heavy atom. The quantitative estimate of drug-likeness (QED) is 0.241. The fraction of sp³-hybridized carbons (Fsp3) is 0.444. The first kappa shape index (κ1) is 24.9. The molecule has 2 N–H and O–H groups in total. The predicted molar refractivity (Wildman–Crippen MR) is 150 cm³/mol. The molecule has 188 valence electrons. The van der Waals surface area contributed by atoms with Crippen LogP contribution in [0.15, 0.2) is 65.0 Å². The average molecular weight is 520 g/mol. The van der Waals surface area contributed by atoms with Crippen LogP contribution in [0.1, 0.15) is 51.0 Å². The fourth-order valence-corrected chi connectivity index (χ4v) is 6.19. The normalized spacial score (nSPS) is 19.1. The highest BCUT2D eigenvalue weighted by Gasteiger charge is 2.35. The van der Waals surface area contributed by atoms with Crippen molar-refractivity contribution in [3.05, 3.63) is 60.4 Å². The number of nitrogens with zero attached hydrogens (tertiary/aromatic N) is 5. The van der Waals surface area contributed by atoms with Crippen molar-refractivity contribution in [3.63, 3.8) is 0 Å². The standard InChI is InChI=1S/C27H33N7S2/c1-20-9-7-16-34(18-20)22-17-23(36-26-28-14-8-15-29-26)32-24(31-22)33-25(35)30-19-27(12-5-6-13-27)21-10-3-2-4-11-21/h2-4,8,10-11,14-15,17,20H,5-7,9,12-13,16,18-19H2,1H3,(H2,30,31,32,33,35). The highest BCUT2D eigenvalue weighted by atomic mass is 32.2.